The molecule has 1 saturated heterocycles. The van der Waals surface area contributed by atoms with E-state index in [9.17, 15) is 4.39 Å². The van der Waals surface area contributed by atoms with E-state index in [4.69, 9.17) is 0 Å². The van der Waals surface area contributed by atoms with E-state index in [1.54, 1.807) is 9.03 Å². The zero-order valence-electron chi connectivity index (χ0n) is 16.9. The molecule has 1 aliphatic heterocycles. The Morgan fingerprint density at radius 2 is 1.76 bits per heavy atom. The van der Waals surface area contributed by atoms with Gasteiger partial charge in [-0.2, -0.15) is 10.2 Å². The summed E-state index contributed by atoms with van der Waals surface area (Å²) in [6.45, 7) is 9.24. The molecular weight excluding hydrogens is 369 g/mol. The average molecular weight is 393 g/mol. The van der Waals surface area contributed by atoms with Crippen LogP contribution < -0.4 is 0 Å². The Hall–Kier alpha value is -2.87. The second-order valence-electron chi connectivity index (χ2n) is 7.89. The van der Waals surface area contributed by atoms with Crippen molar-refractivity contribution in [2.45, 2.75) is 39.5 Å². The highest BCUT2D eigenvalue weighted by atomic mass is 19.1. The van der Waals surface area contributed by atoms with Crippen LogP contribution in [-0.4, -0.2) is 53.7 Å². The number of pyridine rings is 1. The first-order chi connectivity index (χ1) is 14.0. The van der Waals surface area contributed by atoms with Crippen molar-refractivity contribution in [2.75, 3.05) is 19.6 Å². The molecule has 4 aromatic heterocycles. The number of halogens is 1. The predicted molar refractivity (Wildman–Crippen MR) is 108 cm³/mol. The first kappa shape index (κ1) is 18.2. The molecule has 0 bridgehead atoms. The summed E-state index contributed by atoms with van der Waals surface area (Å²) >= 11 is 0. The molecule has 150 valence electrons. The molecule has 0 radical (unpaired) electrons. The van der Waals surface area contributed by atoms with E-state index in [0.29, 0.717) is 11.3 Å². The molecular formula is C21H24FN7. The molecule has 0 spiro atoms. The second kappa shape index (κ2) is 6.88. The summed E-state index contributed by atoms with van der Waals surface area (Å²) < 4.78 is 18.2. The third-order valence-corrected chi connectivity index (χ3v) is 5.83. The molecule has 0 amide bonds. The van der Waals surface area contributed by atoms with E-state index in [2.05, 4.69) is 32.0 Å². The molecule has 4 aromatic rings. The van der Waals surface area contributed by atoms with Crippen LogP contribution in [0.5, 0.6) is 0 Å². The van der Waals surface area contributed by atoms with Crippen LogP contribution in [0, 0.1) is 19.7 Å². The highest BCUT2D eigenvalue weighted by molar-refractivity contribution is 5.64. The Labute approximate surface area is 168 Å². The van der Waals surface area contributed by atoms with Crippen LogP contribution in [0.2, 0.25) is 0 Å². The number of likely N-dealkylation sites (tertiary alicyclic amines) is 1. The number of imidazole rings is 1. The van der Waals surface area contributed by atoms with Crippen molar-refractivity contribution in [1.29, 1.82) is 0 Å². The minimum Gasteiger partial charge on any atom is -0.304 e. The van der Waals surface area contributed by atoms with Crippen LogP contribution in [0.3, 0.4) is 0 Å². The van der Waals surface area contributed by atoms with Crippen LogP contribution >= 0.6 is 0 Å². The van der Waals surface area contributed by atoms with E-state index in [1.807, 2.05) is 32.3 Å². The van der Waals surface area contributed by atoms with Gasteiger partial charge in [0.05, 0.1) is 17.6 Å². The molecule has 8 heteroatoms. The number of hydrogen-bond acceptors (Lipinski definition) is 5. The fraction of sp³-hybridized carbons (Fsp3) is 0.429. The Bertz CT molecular complexity index is 1200. The SMILES string of the molecule is CCN1CCC(c2nc3c(F)cc(-c4cc(C)c5nc(C)cn5n4)cn3n2)CC1. The number of fused-ring (bicyclic) bond motifs is 2. The zero-order chi connectivity index (χ0) is 20.1. The monoisotopic (exact) mass is 393 g/mol. The highest BCUT2D eigenvalue weighted by Gasteiger charge is 2.24. The quantitative estimate of drug-likeness (QED) is 0.534. The van der Waals surface area contributed by atoms with E-state index in [-0.39, 0.29) is 17.4 Å². The lowest BCUT2D eigenvalue weighted by Gasteiger charge is -2.29. The Morgan fingerprint density at radius 3 is 2.52 bits per heavy atom. The van der Waals surface area contributed by atoms with Crippen LogP contribution in [0.15, 0.2) is 24.5 Å². The van der Waals surface area contributed by atoms with E-state index in [0.717, 1.165) is 55.2 Å². The lowest BCUT2D eigenvalue weighted by atomic mass is 9.96. The van der Waals surface area contributed by atoms with Gasteiger partial charge in [-0.05, 0) is 64.0 Å². The van der Waals surface area contributed by atoms with Crippen LogP contribution in [0.25, 0.3) is 22.6 Å². The van der Waals surface area contributed by atoms with E-state index in [1.165, 1.54) is 6.07 Å². The Morgan fingerprint density at radius 1 is 1.00 bits per heavy atom. The Kier molecular flexibility index (Phi) is 4.31. The molecule has 0 aliphatic carbocycles. The summed E-state index contributed by atoms with van der Waals surface area (Å²) in [5.41, 5.74) is 4.33. The summed E-state index contributed by atoms with van der Waals surface area (Å²) in [6, 6.07) is 3.42. The molecule has 1 fully saturated rings. The fourth-order valence-electron chi connectivity index (χ4n) is 4.17. The maximum absolute atomic E-state index is 14.9. The molecule has 0 aromatic carbocycles. The molecule has 0 saturated carbocycles. The molecule has 7 nitrogen and oxygen atoms in total. The number of rotatable bonds is 3. The minimum atomic E-state index is -0.381. The average Bonchev–Trinajstić information content (AvgIpc) is 3.31. The number of hydrogen-bond donors (Lipinski definition) is 0. The van der Waals surface area contributed by atoms with Gasteiger partial charge >= 0.3 is 0 Å². The van der Waals surface area contributed by atoms with Gasteiger partial charge in [-0.25, -0.2) is 23.4 Å². The third kappa shape index (κ3) is 3.17. The van der Waals surface area contributed by atoms with Crippen molar-refractivity contribution >= 4 is 11.3 Å². The van der Waals surface area contributed by atoms with Crippen molar-refractivity contribution in [3.05, 3.63) is 47.4 Å². The molecule has 1 aliphatic rings. The lowest BCUT2D eigenvalue weighted by Crippen LogP contribution is -2.32. The number of nitrogens with zero attached hydrogens (tertiary/aromatic N) is 7. The summed E-state index contributed by atoms with van der Waals surface area (Å²) in [6.07, 6.45) is 5.71. The lowest BCUT2D eigenvalue weighted by molar-refractivity contribution is 0.219. The molecule has 0 N–H and O–H groups in total. The van der Waals surface area contributed by atoms with E-state index < -0.39 is 0 Å². The van der Waals surface area contributed by atoms with Crippen LogP contribution in [-0.2, 0) is 0 Å². The third-order valence-electron chi connectivity index (χ3n) is 5.83. The van der Waals surface area contributed by atoms with Crippen molar-refractivity contribution in [3.8, 4) is 11.3 Å². The van der Waals surface area contributed by atoms with Gasteiger partial charge < -0.3 is 4.90 Å². The van der Waals surface area contributed by atoms with Crippen LogP contribution in [0.1, 0.15) is 42.8 Å². The summed E-state index contributed by atoms with van der Waals surface area (Å²) in [5.74, 6) is 0.640. The zero-order valence-corrected chi connectivity index (χ0v) is 16.9. The summed E-state index contributed by atoms with van der Waals surface area (Å²) in [5, 5.41) is 9.23. The van der Waals surface area contributed by atoms with Crippen molar-refractivity contribution in [3.63, 3.8) is 0 Å². The summed E-state index contributed by atoms with van der Waals surface area (Å²) in [7, 11) is 0. The second-order valence-corrected chi connectivity index (χ2v) is 7.89. The largest absolute Gasteiger partial charge is 0.304 e. The van der Waals surface area contributed by atoms with Gasteiger partial charge in [-0.15, -0.1) is 0 Å². The maximum atomic E-state index is 14.9. The molecule has 5 rings (SSSR count). The normalized spacial score (nSPS) is 16.3. The molecule has 0 atom stereocenters. The van der Waals surface area contributed by atoms with Crippen molar-refractivity contribution in [2.24, 2.45) is 0 Å². The van der Waals surface area contributed by atoms with Gasteiger partial charge in [0, 0.05) is 17.7 Å². The smallest absolute Gasteiger partial charge is 0.191 e. The van der Waals surface area contributed by atoms with Crippen molar-refractivity contribution in [1.82, 2.24) is 34.1 Å². The predicted octanol–water partition coefficient (Wildman–Crippen LogP) is 3.39. The molecule has 0 unspecified atom stereocenters. The fourth-order valence-corrected chi connectivity index (χ4v) is 4.17. The highest BCUT2D eigenvalue weighted by Crippen LogP contribution is 2.28. The standard InChI is InChI=1S/C21H24FN7/c1-4-27-7-5-15(6-8-27)19-24-21-17(22)10-16(12-29(21)26-19)18-9-13(2)20-23-14(3)11-28(20)25-18/h9-12,15H,4-8H2,1-3H3. The molecule has 5 heterocycles. The summed E-state index contributed by atoms with van der Waals surface area (Å²) in [4.78, 5) is 11.4. The van der Waals surface area contributed by atoms with E-state index >= 15 is 0 Å². The van der Waals surface area contributed by atoms with Gasteiger partial charge in [0.1, 0.15) is 0 Å². The van der Waals surface area contributed by atoms with Gasteiger partial charge in [0.2, 0.25) is 0 Å². The number of aromatic nitrogens is 6. The van der Waals surface area contributed by atoms with Gasteiger partial charge in [0.25, 0.3) is 0 Å². The first-order valence-corrected chi connectivity index (χ1v) is 10.1. The van der Waals surface area contributed by atoms with Gasteiger partial charge in [-0.1, -0.05) is 6.92 Å². The number of piperidine rings is 1. The number of aryl methyl sites for hydroxylation is 2. The van der Waals surface area contributed by atoms with Gasteiger partial charge in [-0.3, -0.25) is 0 Å². The first-order valence-electron chi connectivity index (χ1n) is 10.1. The van der Waals surface area contributed by atoms with Crippen molar-refractivity contribution < 1.29 is 4.39 Å². The maximum Gasteiger partial charge on any atom is 0.191 e. The topological polar surface area (TPSA) is 63.6 Å². The molecule has 29 heavy (non-hydrogen) atoms. The van der Waals surface area contributed by atoms with Crippen LogP contribution in [0.4, 0.5) is 4.39 Å². The Balaban J connectivity index is 1.53. The minimum absolute atomic E-state index is 0.276. The van der Waals surface area contributed by atoms with Gasteiger partial charge in [0.15, 0.2) is 22.9 Å².